The van der Waals surface area contributed by atoms with Crippen LogP contribution in [0.1, 0.15) is 35.6 Å². The Balaban J connectivity index is 3.08. The molecule has 0 bridgehead atoms. The van der Waals surface area contributed by atoms with Crippen LogP contribution in [0, 0.1) is 13.8 Å². The third-order valence-electron chi connectivity index (χ3n) is 3.38. The average molecular weight is 252 g/mol. The van der Waals surface area contributed by atoms with Crippen LogP contribution in [0.4, 0.5) is 0 Å². The molecule has 0 radical (unpaired) electrons. The highest BCUT2D eigenvalue weighted by atomic mass is 16.4. The number of carboxylic acid groups (broad SMARTS) is 1. The van der Waals surface area contributed by atoms with Gasteiger partial charge < -0.3 is 14.6 Å². The third-order valence-corrected chi connectivity index (χ3v) is 3.38. The number of likely N-dealkylation sites (N-methyl/N-ethyl adjacent to an activating group) is 1. The topological polar surface area (TPSA) is 62.5 Å². The molecule has 1 rings (SSSR count). The Morgan fingerprint density at radius 2 is 2.00 bits per heavy atom. The molecule has 0 spiro atoms. The summed E-state index contributed by atoms with van der Waals surface area (Å²) >= 11 is 0. The van der Waals surface area contributed by atoms with E-state index < -0.39 is 12.0 Å². The molecule has 1 unspecified atom stereocenters. The summed E-state index contributed by atoms with van der Waals surface area (Å²) < 4.78 is 2.03. The molecule has 1 amide bonds. The van der Waals surface area contributed by atoms with Gasteiger partial charge in [0, 0.05) is 25.0 Å². The molecule has 0 aliphatic carbocycles. The maximum atomic E-state index is 12.2. The maximum absolute atomic E-state index is 12.2. The Bertz CT molecular complexity index is 477. The predicted octanol–water partition coefficient (Wildman–Crippen LogP) is 1.67. The molecule has 0 aliphatic heterocycles. The van der Waals surface area contributed by atoms with Crippen LogP contribution in [0.3, 0.4) is 0 Å². The van der Waals surface area contributed by atoms with Crippen molar-refractivity contribution >= 4 is 11.9 Å². The fourth-order valence-electron chi connectivity index (χ4n) is 2.04. The van der Waals surface area contributed by atoms with E-state index in [0.29, 0.717) is 5.56 Å². The Kier molecular flexibility index (Phi) is 4.16. The van der Waals surface area contributed by atoms with E-state index in [9.17, 15) is 9.59 Å². The molecule has 1 aromatic rings. The molecule has 0 aliphatic rings. The number of carbonyl (C=O) groups excluding carboxylic acids is 1. The van der Waals surface area contributed by atoms with Gasteiger partial charge in [-0.25, -0.2) is 4.79 Å². The molecule has 1 atom stereocenters. The summed E-state index contributed by atoms with van der Waals surface area (Å²) in [5, 5.41) is 8.92. The predicted molar refractivity (Wildman–Crippen MR) is 68.8 cm³/mol. The van der Waals surface area contributed by atoms with Gasteiger partial charge in [0.25, 0.3) is 5.91 Å². The van der Waals surface area contributed by atoms with Crippen molar-refractivity contribution in [2.45, 2.75) is 40.3 Å². The van der Waals surface area contributed by atoms with Crippen LogP contribution in [0.2, 0.25) is 0 Å². The van der Waals surface area contributed by atoms with Crippen LogP contribution in [0.5, 0.6) is 0 Å². The van der Waals surface area contributed by atoms with Crippen molar-refractivity contribution in [3.63, 3.8) is 0 Å². The van der Waals surface area contributed by atoms with E-state index in [4.69, 9.17) is 5.11 Å². The van der Waals surface area contributed by atoms with Gasteiger partial charge in [0.2, 0.25) is 0 Å². The number of rotatable bonds is 4. The van der Waals surface area contributed by atoms with E-state index in [1.165, 1.54) is 18.9 Å². The zero-order valence-corrected chi connectivity index (χ0v) is 11.5. The van der Waals surface area contributed by atoms with Crippen LogP contribution < -0.4 is 0 Å². The number of aliphatic carboxylic acids is 1. The summed E-state index contributed by atoms with van der Waals surface area (Å²) in [6, 6.07) is 0.980. The van der Waals surface area contributed by atoms with Gasteiger partial charge in [0.1, 0.15) is 6.04 Å². The largest absolute Gasteiger partial charge is 0.480 e. The van der Waals surface area contributed by atoms with Crippen molar-refractivity contribution < 1.29 is 14.7 Å². The first kappa shape index (κ1) is 14.3. The van der Waals surface area contributed by atoms with E-state index in [1.54, 1.807) is 0 Å². The van der Waals surface area contributed by atoms with E-state index in [1.807, 2.05) is 31.4 Å². The van der Waals surface area contributed by atoms with E-state index in [-0.39, 0.29) is 5.91 Å². The van der Waals surface area contributed by atoms with Gasteiger partial charge in [-0.05, 0) is 33.8 Å². The first-order valence-corrected chi connectivity index (χ1v) is 5.97. The van der Waals surface area contributed by atoms with Crippen molar-refractivity contribution in [3.05, 3.63) is 23.0 Å². The quantitative estimate of drug-likeness (QED) is 0.886. The number of amides is 1. The van der Waals surface area contributed by atoms with Gasteiger partial charge in [-0.15, -0.1) is 0 Å². The zero-order chi connectivity index (χ0) is 14.0. The fourth-order valence-corrected chi connectivity index (χ4v) is 2.04. The molecule has 100 valence electrons. The van der Waals surface area contributed by atoms with Crippen LogP contribution in [-0.4, -0.2) is 39.5 Å². The maximum Gasteiger partial charge on any atom is 0.326 e. The smallest absolute Gasteiger partial charge is 0.326 e. The van der Waals surface area contributed by atoms with Gasteiger partial charge in [-0.3, -0.25) is 4.79 Å². The summed E-state index contributed by atoms with van der Waals surface area (Å²) in [5.74, 6) is -1.26. The van der Waals surface area contributed by atoms with Crippen molar-refractivity contribution in [1.29, 1.82) is 0 Å². The minimum atomic E-state index is -1.00. The van der Waals surface area contributed by atoms with Gasteiger partial charge in [0.15, 0.2) is 0 Å². The van der Waals surface area contributed by atoms with Crippen molar-refractivity contribution in [3.8, 4) is 0 Å². The fraction of sp³-hybridized carbons (Fsp3) is 0.538. The van der Waals surface area contributed by atoms with Crippen molar-refractivity contribution in [1.82, 2.24) is 9.47 Å². The van der Waals surface area contributed by atoms with E-state index in [2.05, 4.69) is 0 Å². The van der Waals surface area contributed by atoms with Gasteiger partial charge >= 0.3 is 5.97 Å². The van der Waals surface area contributed by atoms with Gasteiger partial charge in [0.05, 0.1) is 5.56 Å². The lowest BCUT2D eigenvalue weighted by molar-refractivity contribution is -0.141. The second-order valence-corrected chi connectivity index (χ2v) is 4.46. The first-order chi connectivity index (χ1) is 8.31. The molecule has 1 N–H and O–H groups in total. The number of nitrogens with zero attached hydrogens (tertiary/aromatic N) is 2. The normalized spacial score (nSPS) is 12.3. The van der Waals surface area contributed by atoms with Crippen LogP contribution in [0.25, 0.3) is 0 Å². The molecular formula is C13H20N2O3. The van der Waals surface area contributed by atoms with Crippen molar-refractivity contribution in [2.24, 2.45) is 0 Å². The molecule has 1 heterocycles. The highest BCUT2D eigenvalue weighted by Crippen LogP contribution is 2.17. The number of aromatic nitrogens is 1. The highest BCUT2D eigenvalue weighted by Gasteiger charge is 2.25. The van der Waals surface area contributed by atoms with E-state index >= 15 is 0 Å². The first-order valence-electron chi connectivity index (χ1n) is 5.97. The van der Waals surface area contributed by atoms with Crippen LogP contribution in [-0.2, 0) is 11.3 Å². The molecule has 0 saturated heterocycles. The molecule has 0 saturated carbocycles. The second kappa shape index (κ2) is 5.25. The molecule has 0 aromatic carbocycles. The SMILES string of the molecule is CCn1c(C)cc(C(=O)N(C)C(C)C(=O)O)c1C. The number of carbonyl (C=O) groups is 2. The Morgan fingerprint density at radius 1 is 1.44 bits per heavy atom. The molecule has 5 nitrogen and oxygen atoms in total. The van der Waals surface area contributed by atoms with E-state index in [0.717, 1.165) is 17.9 Å². The Labute approximate surface area is 107 Å². The summed E-state index contributed by atoms with van der Waals surface area (Å²) in [5.41, 5.74) is 2.46. The average Bonchev–Trinajstić information content (AvgIpc) is 2.61. The van der Waals surface area contributed by atoms with Gasteiger partial charge in [-0.2, -0.15) is 0 Å². The number of carboxylic acids is 1. The third kappa shape index (κ3) is 2.39. The minimum absolute atomic E-state index is 0.252. The molecule has 18 heavy (non-hydrogen) atoms. The lowest BCUT2D eigenvalue weighted by Gasteiger charge is -2.21. The second-order valence-electron chi connectivity index (χ2n) is 4.46. The highest BCUT2D eigenvalue weighted by molar-refractivity contribution is 5.97. The minimum Gasteiger partial charge on any atom is -0.480 e. The lowest BCUT2D eigenvalue weighted by Crippen LogP contribution is -2.40. The van der Waals surface area contributed by atoms with Gasteiger partial charge in [-0.1, -0.05) is 0 Å². The molecular weight excluding hydrogens is 232 g/mol. The molecule has 5 heteroatoms. The van der Waals surface area contributed by atoms with Crippen LogP contribution >= 0.6 is 0 Å². The Hall–Kier alpha value is -1.78. The number of aryl methyl sites for hydroxylation is 1. The zero-order valence-electron chi connectivity index (χ0n) is 11.5. The standard InChI is InChI=1S/C13H20N2O3/c1-6-15-8(2)7-11(9(15)3)12(16)14(5)10(4)13(17)18/h7,10H,6H2,1-5H3,(H,17,18). The number of hydrogen-bond acceptors (Lipinski definition) is 2. The monoisotopic (exact) mass is 252 g/mol. The summed E-state index contributed by atoms with van der Waals surface area (Å²) in [6.07, 6.45) is 0. The lowest BCUT2D eigenvalue weighted by atomic mass is 10.2. The van der Waals surface area contributed by atoms with Crippen LogP contribution in [0.15, 0.2) is 6.07 Å². The summed E-state index contributed by atoms with van der Waals surface area (Å²) in [7, 11) is 1.51. The molecule has 1 aromatic heterocycles. The summed E-state index contributed by atoms with van der Waals surface area (Å²) in [6.45, 7) is 8.12. The Morgan fingerprint density at radius 3 is 2.39 bits per heavy atom. The van der Waals surface area contributed by atoms with Crippen molar-refractivity contribution in [2.75, 3.05) is 7.05 Å². The number of hydrogen-bond donors (Lipinski definition) is 1. The summed E-state index contributed by atoms with van der Waals surface area (Å²) in [4.78, 5) is 24.4. The molecule has 0 fully saturated rings.